The van der Waals surface area contributed by atoms with E-state index >= 15 is 0 Å². The van der Waals surface area contributed by atoms with Gasteiger partial charge in [-0.1, -0.05) is 23.2 Å². The molecule has 0 N–H and O–H groups in total. The van der Waals surface area contributed by atoms with Gasteiger partial charge in [0.05, 0.1) is 18.2 Å². The molecule has 10 heteroatoms. The smallest absolute Gasteiger partial charge is 0.326 e. The highest BCUT2D eigenvalue weighted by atomic mass is 35.5. The zero-order chi connectivity index (χ0) is 22.6. The van der Waals surface area contributed by atoms with E-state index in [1.54, 1.807) is 27.7 Å². The van der Waals surface area contributed by atoms with E-state index in [1.165, 1.54) is 23.1 Å². The van der Waals surface area contributed by atoms with Gasteiger partial charge in [-0.2, -0.15) is 0 Å². The molecule has 0 bridgehead atoms. The average molecular weight is 459 g/mol. The van der Waals surface area contributed by atoms with Crippen LogP contribution in [0.15, 0.2) is 18.2 Å². The summed E-state index contributed by atoms with van der Waals surface area (Å²) in [4.78, 5) is 52.4. The van der Waals surface area contributed by atoms with Crippen molar-refractivity contribution >= 4 is 47.0 Å². The third-order valence-corrected chi connectivity index (χ3v) is 4.68. The number of hydrogen-bond acceptors (Lipinski definition) is 6. The largest absolute Gasteiger partial charge is 0.465 e. The second kappa shape index (κ2) is 9.66. The molecule has 0 saturated carbocycles. The quantitative estimate of drug-likeness (QED) is 0.459. The Morgan fingerprint density at radius 1 is 1.13 bits per heavy atom. The Morgan fingerprint density at radius 3 is 2.37 bits per heavy atom. The summed E-state index contributed by atoms with van der Waals surface area (Å²) in [6, 6.07) is 2.71. The lowest BCUT2D eigenvalue weighted by Gasteiger charge is -2.22. The Morgan fingerprint density at radius 2 is 1.80 bits per heavy atom. The van der Waals surface area contributed by atoms with E-state index in [2.05, 4.69) is 0 Å². The van der Waals surface area contributed by atoms with Crippen LogP contribution in [-0.4, -0.2) is 71.4 Å². The molecule has 30 heavy (non-hydrogen) atoms. The predicted molar refractivity (Wildman–Crippen MR) is 111 cm³/mol. The third kappa shape index (κ3) is 6.09. The van der Waals surface area contributed by atoms with E-state index in [1.807, 2.05) is 0 Å². The molecule has 8 nitrogen and oxygen atoms in total. The Bertz CT molecular complexity index is 852. The van der Waals surface area contributed by atoms with Gasteiger partial charge in [-0.3, -0.25) is 14.4 Å². The summed E-state index contributed by atoms with van der Waals surface area (Å²) in [6.45, 7) is 6.00. The van der Waals surface area contributed by atoms with Crippen LogP contribution in [0.1, 0.15) is 38.1 Å². The zero-order valence-corrected chi connectivity index (χ0v) is 18.7. The van der Waals surface area contributed by atoms with E-state index in [0.29, 0.717) is 5.02 Å². The van der Waals surface area contributed by atoms with E-state index in [4.69, 9.17) is 32.7 Å². The highest BCUT2D eigenvalue weighted by Gasteiger charge is 2.44. The van der Waals surface area contributed by atoms with Gasteiger partial charge in [0.25, 0.3) is 0 Å². The molecule has 1 aromatic rings. The minimum atomic E-state index is -1.02. The number of nitrogens with zero attached hydrogens (tertiary/aromatic N) is 2. The van der Waals surface area contributed by atoms with Crippen LogP contribution in [0.5, 0.6) is 0 Å². The fourth-order valence-corrected chi connectivity index (χ4v) is 3.48. The lowest BCUT2D eigenvalue weighted by atomic mass is 10.0. The summed E-state index contributed by atoms with van der Waals surface area (Å²) in [5, 5.41) is 0.482. The van der Waals surface area contributed by atoms with Crippen molar-refractivity contribution < 1.29 is 28.7 Å². The number of amides is 2. The number of hydrogen-bond donors (Lipinski definition) is 0. The zero-order valence-electron chi connectivity index (χ0n) is 17.2. The molecule has 0 aliphatic carbocycles. The Kier molecular flexibility index (Phi) is 7.71. The molecule has 2 amide bonds. The molecular formula is C20H24Cl2N2O6. The molecule has 1 unspecified atom stereocenters. The summed E-state index contributed by atoms with van der Waals surface area (Å²) in [6.07, 6.45) is 0. The number of ketones is 1. The Labute approximate surface area is 185 Å². The summed E-state index contributed by atoms with van der Waals surface area (Å²) in [5.41, 5.74) is -0.567. The van der Waals surface area contributed by atoms with Crippen molar-refractivity contribution in [1.82, 2.24) is 9.80 Å². The van der Waals surface area contributed by atoms with Crippen molar-refractivity contribution in [2.24, 2.45) is 0 Å². The van der Waals surface area contributed by atoms with E-state index in [-0.39, 0.29) is 30.3 Å². The van der Waals surface area contributed by atoms with Crippen LogP contribution in [-0.2, 0) is 19.1 Å². The molecule has 1 aliphatic rings. The van der Waals surface area contributed by atoms with Crippen LogP contribution in [0.4, 0.5) is 4.79 Å². The third-order valence-electron chi connectivity index (χ3n) is 4.13. The number of ether oxygens (including phenoxy) is 2. The first-order valence-corrected chi connectivity index (χ1v) is 10.1. The van der Waals surface area contributed by atoms with Gasteiger partial charge in [0, 0.05) is 10.6 Å². The van der Waals surface area contributed by atoms with Crippen molar-refractivity contribution in [3.63, 3.8) is 0 Å². The van der Waals surface area contributed by atoms with Gasteiger partial charge in [0.15, 0.2) is 5.78 Å². The molecular weight excluding hydrogens is 435 g/mol. The fraction of sp³-hybridized carbons (Fsp3) is 0.500. The number of carbonyl (C=O) groups excluding carboxylic acids is 4. The average Bonchev–Trinajstić information content (AvgIpc) is 2.89. The molecule has 1 saturated heterocycles. The summed E-state index contributed by atoms with van der Waals surface area (Å²) < 4.78 is 10.2. The number of urea groups is 1. The molecule has 0 aromatic heterocycles. The van der Waals surface area contributed by atoms with Crippen molar-refractivity contribution in [1.29, 1.82) is 0 Å². The molecule has 0 spiro atoms. The number of Topliss-reactive ketones (excluding diaryl/α,β-unsaturated/α-hetero) is 1. The second-order valence-electron chi connectivity index (χ2n) is 7.69. The summed E-state index contributed by atoms with van der Waals surface area (Å²) in [7, 11) is 0. The molecule has 1 fully saturated rings. The van der Waals surface area contributed by atoms with Gasteiger partial charge in [-0.05, 0) is 45.9 Å². The van der Waals surface area contributed by atoms with Crippen molar-refractivity contribution in [3.05, 3.63) is 33.8 Å². The molecule has 164 valence electrons. The molecule has 1 aromatic carbocycles. The first kappa shape index (κ1) is 24.0. The topological polar surface area (TPSA) is 93.2 Å². The standard InChI is InChI=1S/C20H24Cl2N2O6/c1-5-29-16(25)11-24-15(18(27)13-7-6-12(21)8-14(13)22)9-23(19(24)28)10-17(26)30-20(2,3)4/h6-8,15H,5,9-11H2,1-4H3. The van der Waals surface area contributed by atoms with E-state index < -0.39 is 41.9 Å². The number of carbonyl (C=O) groups is 4. The van der Waals surface area contributed by atoms with Gasteiger partial charge in [-0.15, -0.1) is 0 Å². The predicted octanol–water partition coefficient (Wildman–Crippen LogP) is 3.19. The van der Waals surface area contributed by atoms with Gasteiger partial charge < -0.3 is 19.3 Å². The number of rotatable bonds is 7. The SMILES string of the molecule is CCOC(=O)CN1C(=O)N(CC(=O)OC(C)(C)C)CC1C(=O)c1ccc(Cl)cc1Cl. The van der Waals surface area contributed by atoms with Crippen LogP contribution in [0.2, 0.25) is 10.0 Å². The first-order chi connectivity index (χ1) is 13.9. The van der Waals surface area contributed by atoms with Gasteiger partial charge in [0.1, 0.15) is 24.7 Å². The maximum absolute atomic E-state index is 13.1. The molecule has 1 aliphatic heterocycles. The van der Waals surface area contributed by atoms with Gasteiger partial charge in [0.2, 0.25) is 0 Å². The van der Waals surface area contributed by atoms with Crippen molar-refractivity contribution in [2.75, 3.05) is 26.2 Å². The van der Waals surface area contributed by atoms with Crippen LogP contribution >= 0.6 is 23.2 Å². The molecule has 2 rings (SSSR count). The normalized spacial score (nSPS) is 16.6. The lowest BCUT2D eigenvalue weighted by molar-refractivity contribution is -0.155. The van der Waals surface area contributed by atoms with Crippen LogP contribution < -0.4 is 0 Å². The summed E-state index contributed by atoms with van der Waals surface area (Å²) >= 11 is 12.0. The lowest BCUT2D eigenvalue weighted by Crippen LogP contribution is -2.43. The van der Waals surface area contributed by atoms with Crippen molar-refractivity contribution in [2.45, 2.75) is 39.3 Å². The first-order valence-electron chi connectivity index (χ1n) is 9.35. The molecule has 1 atom stereocenters. The van der Waals surface area contributed by atoms with Gasteiger partial charge >= 0.3 is 18.0 Å². The molecule has 0 radical (unpaired) electrons. The van der Waals surface area contributed by atoms with Crippen LogP contribution in [0, 0.1) is 0 Å². The fourth-order valence-electron chi connectivity index (χ4n) is 2.98. The number of esters is 2. The van der Waals surface area contributed by atoms with Crippen LogP contribution in [0.25, 0.3) is 0 Å². The number of benzene rings is 1. The monoisotopic (exact) mass is 458 g/mol. The van der Waals surface area contributed by atoms with E-state index in [0.717, 1.165) is 4.90 Å². The van der Waals surface area contributed by atoms with Gasteiger partial charge in [-0.25, -0.2) is 4.79 Å². The maximum atomic E-state index is 13.1. The number of halogens is 2. The second-order valence-corrected chi connectivity index (χ2v) is 8.53. The minimum Gasteiger partial charge on any atom is -0.465 e. The molecule has 1 heterocycles. The highest BCUT2D eigenvalue weighted by Crippen LogP contribution is 2.26. The summed E-state index contributed by atoms with van der Waals surface area (Å²) in [5.74, 6) is -1.75. The Balaban J connectivity index is 2.27. The van der Waals surface area contributed by atoms with E-state index in [9.17, 15) is 19.2 Å². The maximum Gasteiger partial charge on any atom is 0.326 e. The van der Waals surface area contributed by atoms with Crippen molar-refractivity contribution in [3.8, 4) is 0 Å². The minimum absolute atomic E-state index is 0.102. The highest BCUT2D eigenvalue weighted by molar-refractivity contribution is 6.37. The Hall–Kier alpha value is -2.32. The van der Waals surface area contributed by atoms with Crippen LogP contribution in [0.3, 0.4) is 0 Å².